The van der Waals surface area contributed by atoms with Gasteiger partial charge < -0.3 is 5.32 Å². The first-order chi connectivity index (χ1) is 9.86. The monoisotopic (exact) mass is 315 g/mol. The molecule has 0 spiro atoms. The minimum absolute atomic E-state index is 0.0949. The van der Waals surface area contributed by atoms with E-state index in [1.54, 1.807) is 0 Å². The maximum absolute atomic E-state index is 12.3. The van der Waals surface area contributed by atoms with Crippen LogP contribution in [-0.2, 0) is 12.6 Å². The van der Waals surface area contributed by atoms with Crippen molar-refractivity contribution in [1.29, 1.82) is 0 Å². The first-order valence-corrected chi connectivity index (χ1v) is 6.96. The number of pyridine rings is 1. The lowest BCUT2D eigenvalue weighted by atomic mass is 10.2. The Morgan fingerprint density at radius 2 is 2.14 bits per heavy atom. The summed E-state index contributed by atoms with van der Waals surface area (Å²) in [6.07, 6.45) is -3.01. The van der Waals surface area contributed by atoms with Crippen molar-refractivity contribution in [2.45, 2.75) is 19.5 Å². The van der Waals surface area contributed by atoms with Crippen molar-refractivity contribution >= 4 is 17.2 Å². The predicted octanol–water partition coefficient (Wildman–Crippen LogP) is 2.84. The van der Waals surface area contributed by atoms with E-state index < -0.39 is 17.8 Å². The number of nitrogens with one attached hydrogen (secondary N) is 1. The van der Waals surface area contributed by atoms with Crippen LogP contribution in [-0.4, -0.2) is 22.4 Å². The molecule has 2 heterocycles. The number of aromatic nitrogens is 2. The van der Waals surface area contributed by atoms with Crippen molar-refractivity contribution in [3.8, 4) is 0 Å². The van der Waals surface area contributed by atoms with Gasteiger partial charge in [0.2, 0.25) is 0 Å². The fraction of sp³-hybridized carbons (Fsp3) is 0.308. The van der Waals surface area contributed by atoms with Crippen LogP contribution in [0.15, 0.2) is 23.7 Å². The van der Waals surface area contributed by atoms with Crippen LogP contribution in [0, 0.1) is 6.92 Å². The van der Waals surface area contributed by atoms with Crippen LogP contribution in [0.4, 0.5) is 13.2 Å². The first kappa shape index (κ1) is 15.4. The number of halogens is 3. The van der Waals surface area contributed by atoms with E-state index in [4.69, 9.17) is 0 Å². The van der Waals surface area contributed by atoms with E-state index in [2.05, 4.69) is 15.3 Å². The summed E-state index contributed by atoms with van der Waals surface area (Å²) in [5, 5.41) is 5.47. The van der Waals surface area contributed by atoms with Gasteiger partial charge in [0, 0.05) is 24.5 Å². The number of hydrogen-bond acceptors (Lipinski definition) is 4. The summed E-state index contributed by atoms with van der Waals surface area (Å²) in [6, 6.07) is 1.90. The number of carbonyl (C=O) groups excluding carboxylic acids is 1. The normalized spacial score (nSPS) is 11.4. The Hall–Kier alpha value is -1.96. The van der Waals surface area contributed by atoms with E-state index in [1.807, 2.05) is 12.3 Å². The fourth-order valence-corrected chi connectivity index (χ4v) is 2.27. The molecule has 0 bridgehead atoms. The molecule has 2 aromatic rings. The number of hydrogen-bond donors (Lipinski definition) is 1. The summed E-state index contributed by atoms with van der Waals surface area (Å²) in [7, 11) is 0. The summed E-state index contributed by atoms with van der Waals surface area (Å²) in [4.78, 5) is 19.2. The standard InChI is InChI=1S/C13H12F3N3OS/c1-8-19-10(7-21-8)4-5-17-12(20)9-2-3-11(18-6-9)13(14,15)16/h2-3,6-7H,4-5H2,1H3,(H,17,20). The van der Waals surface area contributed by atoms with E-state index in [0.717, 1.165) is 29.0 Å². The molecule has 0 saturated heterocycles. The van der Waals surface area contributed by atoms with Crippen LogP contribution < -0.4 is 5.32 Å². The lowest BCUT2D eigenvalue weighted by Gasteiger charge is -2.07. The Kier molecular flexibility index (Phi) is 4.56. The molecule has 0 unspecified atom stereocenters. The van der Waals surface area contributed by atoms with Gasteiger partial charge in [-0.05, 0) is 19.1 Å². The number of thiazole rings is 1. The van der Waals surface area contributed by atoms with E-state index in [0.29, 0.717) is 13.0 Å². The molecule has 0 atom stereocenters. The molecule has 0 aliphatic rings. The number of carbonyl (C=O) groups is 1. The third-order valence-corrected chi connectivity index (χ3v) is 3.47. The second kappa shape index (κ2) is 6.21. The van der Waals surface area contributed by atoms with Crippen LogP contribution in [0.2, 0.25) is 0 Å². The van der Waals surface area contributed by atoms with Gasteiger partial charge in [0.05, 0.1) is 16.3 Å². The SMILES string of the molecule is Cc1nc(CCNC(=O)c2ccc(C(F)(F)F)nc2)cs1. The van der Waals surface area contributed by atoms with E-state index in [-0.39, 0.29) is 5.56 Å². The molecule has 0 fully saturated rings. The van der Waals surface area contributed by atoms with Crippen LogP contribution in [0.3, 0.4) is 0 Å². The number of nitrogens with zero attached hydrogens (tertiary/aromatic N) is 2. The molecule has 21 heavy (non-hydrogen) atoms. The van der Waals surface area contributed by atoms with Crippen LogP contribution >= 0.6 is 11.3 Å². The molecule has 2 aromatic heterocycles. The third-order valence-electron chi connectivity index (χ3n) is 2.65. The smallest absolute Gasteiger partial charge is 0.352 e. The topological polar surface area (TPSA) is 54.9 Å². The maximum Gasteiger partial charge on any atom is 0.433 e. The van der Waals surface area contributed by atoms with Crippen molar-refractivity contribution in [3.63, 3.8) is 0 Å². The molecule has 1 amide bonds. The summed E-state index contributed by atoms with van der Waals surface area (Å²) >= 11 is 1.52. The highest BCUT2D eigenvalue weighted by atomic mass is 32.1. The Morgan fingerprint density at radius 3 is 2.67 bits per heavy atom. The molecule has 2 rings (SSSR count). The highest BCUT2D eigenvalue weighted by Crippen LogP contribution is 2.27. The van der Waals surface area contributed by atoms with Gasteiger partial charge in [0.1, 0.15) is 5.69 Å². The van der Waals surface area contributed by atoms with Gasteiger partial charge in [-0.1, -0.05) is 0 Å². The second-order valence-electron chi connectivity index (χ2n) is 4.29. The molecule has 0 aromatic carbocycles. The van der Waals surface area contributed by atoms with Crippen molar-refractivity contribution in [3.05, 3.63) is 45.7 Å². The van der Waals surface area contributed by atoms with Crippen LogP contribution in [0.25, 0.3) is 0 Å². The van der Waals surface area contributed by atoms with Gasteiger partial charge in [-0.2, -0.15) is 13.2 Å². The average Bonchev–Trinajstić information content (AvgIpc) is 2.83. The van der Waals surface area contributed by atoms with Gasteiger partial charge in [0.15, 0.2) is 0 Å². The van der Waals surface area contributed by atoms with Gasteiger partial charge in [-0.3, -0.25) is 9.78 Å². The Balaban J connectivity index is 1.88. The van der Waals surface area contributed by atoms with Gasteiger partial charge in [-0.15, -0.1) is 11.3 Å². The molecule has 8 heteroatoms. The zero-order chi connectivity index (χ0) is 15.5. The molecule has 0 saturated carbocycles. The minimum Gasteiger partial charge on any atom is -0.352 e. The second-order valence-corrected chi connectivity index (χ2v) is 5.36. The predicted molar refractivity (Wildman–Crippen MR) is 72.1 cm³/mol. The molecule has 1 N–H and O–H groups in total. The van der Waals surface area contributed by atoms with Gasteiger partial charge >= 0.3 is 6.18 Å². The van der Waals surface area contributed by atoms with Gasteiger partial charge in [-0.25, -0.2) is 4.98 Å². The molecular weight excluding hydrogens is 303 g/mol. The van der Waals surface area contributed by atoms with E-state index in [1.165, 1.54) is 11.3 Å². The Labute approximate surface area is 123 Å². The largest absolute Gasteiger partial charge is 0.433 e. The molecular formula is C13H12F3N3OS. The molecule has 0 radical (unpaired) electrons. The zero-order valence-corrected chi connectivity index (χ0v) is 11.9. The number of amides is 1. The lowest BCUT2D eigenvalue weighted by Crippen LogP contribution is -2.26. The average molecular weight is 315 g/mol. The zero-order valence-electron chi connectivity index (χ0n) is 11.1. The Morgan fingerprint density at radius 1 is 1.38 bits per heavy atom. The molecule has 4 nitrogen and oxygen atoms in total. The number of rotatable bonds is 4. The summed E-state index contributed by atoms with van der Waals surface area (Å²) in [6.45, 7) is 2.25. The third kappa shape index (κ3) is 4.25. The van der Waals surface area contributed by atoms with Crippen LogP contribution in [0.5, 0.6) is 0 Å². The molecule has 0 aliphatic heterocycles. The maximum atomic E-state index is 12.3. The summed E-state index contributed by atoms with van der Waals surface area (Å²) in [5.74, 6) is -0.455. The van der Waals surface area contributed by atoms with E-state index in [9.17, 15) is 18.0 Å². The molecule has 0 aliphatic carbocycles. The Bertz CT molecular complexity index is 622. The lowest BCUT2D eigenvalue weighted by molar-refractivity contribution is -0.141. The minimum atomic E-state index is -4.50. The van der Waals surface area contributed by atoms with Crippen molar-refractivity contribution in [2.75, 3.05) is 6.54 Å². The van der Waals surface area contributed by atoms with Gasteiger partial charge in [0.25, 0.3) is 5.91 Å². The van der Waals surface area contributed by atoms with E-state index >= 15 is 0 Å². The quantitative estimate of drug-likeness (QED) is 0.944. The number of alkyl halides is 3. The molecule has 112 valence electrons. The van der Waals surface area contributed by atoms with Crippen LogP contribution in [0.1, 0.15) is 26.8 Å². The highest BCUT2D eigenvalue weighted by Gasteiger charge is 2.32. The fourth-order valence-electron chi connectivity index (χ4n) is 1.63. The number of aryl methyl sites for hydroxylation is 1. The highest BCUT2D eigenvalue weighted by molar-refractivity contribution is 7.09. The summed E-state index contributed by atoms with van der Waals surface area (Å²) < 4.78 is 37.0. The van der Waals surface area contributed by atoms with Crippen molar-refractivity contribution < 1.29 is 18.0 Å². The first-order valence-electron chi connectivity index (χ1n) is 6.09. The summed E-state index contributed by atoms with van der Waals surface area (Å²) in [5.41, 5.74) is -0.0437. The van der Waals surface area contributed by atoms with Crippen molar-refractivity contribution in [2.24, 2.45) is 0 Å². The van der Waals surface area contributed by atoms with Crippen molar-refractivity contribution in [1.82, 2.24) is 15.3 Å².